The van der Waals surface area contributed by atoms with Crippen LogP contribution >= 0.6 is 11.3 Å². The first-order valence-electron chi connectivity index (χ1n) is 9.07. The van der Waals surface area contributed by atoms with Gasteiger partial charge >= 0.3 is 6.01 Å². The van der Waals surface area contributed by atoms with E-state index in [1.165, 1.54) is 18.4 Å². The van der Waals surface area contributed by atoms with Crippen LogP contribution in [0.4, 0.5) is 0 Å². The van der Waals surface area contributed by atoms with Crippen molar-refractivity contribution in [2.45, 2.75) is 18.9 Å². The van der Waals surface area contributed by atoms with Crippen LogP contribution in [0.3, 0.4) is 0 Å². The molecule has 28 heavy (non-hydrogen) atoms. The molecule has 1 aliphatic heterocycles. The Bertz CT molecular complexity index is 939. The Morgan fingerprint density at radius 3 is 2.68 bits per heavy atom. The molecule has 4 rings (SSSR count). The number of piperidine rings is 1. The number of methoxy groups -OCH3 is 1. The van der Waals surface area contributed by atoms with Crippen molar-refractivity contribution >= 4 is 17.2 Å². The highest BCUT2D eigenvalue weighted by molar-refractivity contribution is 7.13. The van der Waals surface area contributed by atoms with E-state index in [0.29, 0.717) is 24.7 Å². The van der Waals surface area contributed by atoms with Gasteiger partial charge in [0, 0.05) is 49.1 Å². The molecule has 0 N–H and O–H groups in total. The zero-order valence-electron chi connectivity index (χ0n) is 15.4. The topological polar surface area (TPSA) is 77.4 Å². The van der Waals surface area contributed by atoms with Crippen molar-refractivity contribution in [3.8, 4) is 22.5 Å². The standard InChI is InChI=1S/C20H20N4O3S/c1-26-20-21-10-7-17(23-20)27-15-8-11-24(12-9-15)19(25)16-13-28-18(22-16)14-5-3-2-4-6-14/h2-7,10,13,15H,8-9,11-12H2,1H3. The minimum Gasteiger partial charge on any atom is -0.474 e. The number of ether oxygens (including phenoxy) is 2. The van der Waals surface area contributed by atoms with Gasteiger partial charge in [0.2, 0.25) is 5.88 Å². The highest BCUT2D eigenvalue weighted by Crippen LogP contribution is 2.25. The second-order valence-electron chi connectivity index (χ2n) is 6.39. The van der Waals surface area contributed by atoms with Gasteiger partial charge < -0.3 is 14.4 Å². The fourth-order valence-corrected chi connectivity index (χ4v) is 3.88. The van der Waals surface area contributed by atoms with Crippen molar-refractivity contribution in [3.63, 3.8) is 0 Å². The van der Waals surface area contributed by atoms with Crippen molar-refractivity contribution in [1.29, 1.82) is 0 Å². The van der Waals surface area contributed by atoms with Crippen LogP contribution in [0.15, 0.2) is 48.0 Å². The first-order valence-corrected chi connectivity index (χ1v) is 9.95. The maximum Gasteiger partial charge on any atom is 0.319 e. The van der Waals surface area contributed by atoms with Crippen LogP contribution in [0.5, 0.6) is 11.9 Å². The van der Waals surface area contributed by atoms with E-state index in [4.69, 9.17) is 9.47 Å². The lowest BCUT2D eigenvalue weighted by Crippen LogP contribution is -2.42. The second-order valence-corrected chi connectivity index (χ2v) is 7.25. The number of hydrogen-bond acceptors (Lipinski definition) is 7. The van der Waals surface area contributed by atoms with Crippen LogP contribution in [-0.2, 0) is 0 Å². The summed E-state index contributed by atoms with van der Waals surface area (Å²) in [5.41, 5.74) is 1.53. The van der Waals surface area contributed by atoms with E-state index in [1.807, 2.05) is 40.6 Å². The number of carbonyl (C=O) groups is 1. The summed E-state index contributed by atoms with van der Waals surface area (Å²) in [6, 6.07) is 11.9. The molecule has 0 bridgehead atoms. The quantitative estimate of drug-likeness (QED) is 0.659. The zero-order chi connectivity index (χ0) is 19.3. The molecule has 7 nitrogen and oxygen atoms in total. The third-order valence-corrected chi connectivity index (χ3v) is 5.44. The number of nitrogens with zero attached hydrogens (tertiary/aromatic N) is 4. The minimum absolute atomic E-state index is 0.0129. The van der Waals surface area contributed by atoms with Crippen LogP contribution in [-0.4, -0.2) is 52.1 Å². The van der Waals surface area contributed by atoms with Crippen molar-refractivity contribution in [2.75, 3.05) is 20.2 Å². The largest absolute Gasteiger partial charge is 0.474 e. The van der Waals surface area contributed by atoms with Crippen LogP contribution in [0.2, 0.25) is 0 Å². The Kier molecular flexibility index (Phi) is 5.48. The van der Waals surface area contributed by atoms with E-state index >= 15 is 0 Å². The number of aromatic nitrogens is 3. The number of carbonyl (C=O) groups excluding carboxylic acids is 1. The molecule has 8 heteroatoms. The molecule has 0 saturated carbocycles. The van der Waals surface area contributed by atoms with Crippen LogP contribution in [0.1, 0.15) is 23.3 Å². The molecule has 0 atom stereocenters. The summed E-state index contributed by atoms with van der Waals surface area (Å²) in [7, 11) is 1.52. The molecule has 1 fully saturated rings. The van der Waals surface area contributed by atoms with Gasteiger partial charge in [-0.25, -0.2) is 9.97 Å². The maximum absolute atomic E-state index is 12.8. The Balaban J connectivity index is 1.34. The highest BCUT2D eigenvalue weighted by Gasteiger charge is 2.26. The molecule has 0 aliphatic carbocycles. The average molecular weight is 396 g/mol. The fourth-order valence-electron chi connectivity index (χ4n) is 3.08. The van der Waals surface area contributed by atoms with Gasteiger partial charge in [-0.1, -0.05) is 30.3 Å². The van der Waals surface area contributed by atoms with Gasteiger partial charge in [0.05, 0.1) is 7.11 Å². The molecule has 0 unspecified atom stereocenters. The molecule has 0 spiro atoms. The number of likely N-dealkylation sites (tertiary alicyclic amines) is 1. The predicted molar refractivity (Wildman–Crippen MR) is 106 cm³/mol. The summed E-state index contributed by atoms with van der Waals surface area (Å²) < 4.78 is 10.9. The maximum atomic E-state index is 12.8. The molecular weight excluding hydrogens is 376 g/mol. The Labute approximate surface area is 167 Å². The van der Waals surface area contributed by atoms with Crippen LogP contribution in [0.25, 0.3) is 10.6 Å². The van der Waals surface area contributed by atoms with Gasteiger partial charge in [0.15, 0.2) is 0 Å². The van der Waals surface area contributed by atoms with Crippen LogP contribution < -0.4 is 9.47 Å². The zero-order valence-corrected chi connectivity index (χ0v) is 16.3. The van der Waals surface area contributed by atoms with Crippen molar-refractivity contribution in [2.24, 2.45) is 0 Å². The second kappa shape index (κ2) is 8.35. The summed E-state index contributed by atoms with van der Waals surface area (Å²) in [6.45, 7) is 1.26. The first-order chi connectivity index (χ1) is 13.7. The first kappa shape index (κ1) is 18.4. The lowest BCUT2D eigenvalue weighted by molar-refractivity contribution is 0.0582. The van der Waals surface area contributed by atoms with E-state index in [0.717, 1.165) is 23.4 Å². The summed E-state index contributed by atoms with van der Waals surface area (Å²) in [5, 5.41) is 2.69. The van der Waals surface area contributed by atoms with Crippen molar-refractivity contribution < 1.29 is 14.3 Å². The molecule has 3 aromatic rings. The summed E-state index contributed by atoms with van der Waals surface area (Å²) in [4.78, 5) is 27.3. The van der Waals surface area contributed by atoms with E-state index < -0.39 is 0 Å². The van der Waals surface area contributed by atoms with E-state index in [-0.39, 0.29) is 18.0 Å². The molecule has 144 valence electrons. The Hall–Kier alpha value is -3.00. The molecule has 1 aliphatic rings. The summed E-state index contributed by atoms with van der Waals surface area (Å²) >= 11 is 1.49. The third-order valence-electron chi connectivity index (χ3n) is 4.55. The lowest BCUT2D eigenvalue weighted by atomic mass is 10.1. The Morgan fingerprint density at radius 1 is 1.14 bits per heavy atom. The predicted octanol–water partition coefficient (Wildman–Crippen LogP) is 3.29. The summed E-state index contributed by atoms with van der Waals surface area (Å²) in [6.07, 6.45) is 3.10. The number of hydrogen-bond donors (Lipinski definition) is 0. The molecule has 1 amide bonds. The van der Waals surface area contributed by atoms with E-state index in [1.54, 1.807) is 12.3 Å². The SMILES string of the molecule is COc1nccc(OC2CCN(C(=O)c3csc(-c4ccccc4)n3)CC2)n1. The molecule has 2 aromatic heterocycles. The number of thiazole rings is 1. The van der Waals surface area contributed by atoms with Crippen molar-refractivity contribution in [1.82, 2.24) is 19.9 Å². The van der Waals surface area contributed by atoms with Gasteiger partial charge in [-0.05, 0) is 0 Å². The Morgan fingerprint density at radius 2 is 1.93 bits per heavy atom. The number of benzene rings is 1. The normalized spacial score (nSPS) is 14.7. The van der Waals surface area contributed by atoms with Gasteiger partial charge in [-0.15, -0.1) is 11.3 Å². The van der Waals surface area contributed by atoms with Crippen molar-refractivity contribution in [3.05, 3.63) is 53.7 Å². The molecular formula is C20H20N4O3S. The van der Waals surface area contributed by atoms with E-state index in [9.17, 15) is 4.79 Å². The fraction of sp³-hybridized carbons (Fsp3) is 0.300. The molecule has 0 radical (unpaired) electrons. The van der Waals surface area contributed by atoms with Crippen LogP contribution in [0, 0.1) is 0 Å². The summed E-state index contributed by atoms with van der Waals surface area (Å²) in [5.74, 6) is 0.462. The third kappa shape index (κ3) is 4.12. The number of amides is 1. The number of rotatable bonds is 5. The minimum atomic E-state index is -0.0272. The molecule has 1 aromatic carbocycles. The average Bonchev–Trinajstić information content (AvgIpc) is 3.25. The monoisotopic (exact) mass is 396 g/mol. The van der Waals surface area contributed by atoms with Gasteiger partial charge in [0.25, 0.3) is 5.91 Å². The van der Waals surface area contributed by atoms with E-state index in [2.05, 4.69) is 15.0 Å². The van der Waals surface area contributed by atoms with Gasteiger partial charge in [-0.3, -0.25) is 4.79 Å². The van der Waals surface area contributed by atoms with Gasteiger partial charge in [-0.2, -0.15) is 4.98 Å². The smallest absolute Gasteiger partial charge is 0.319 e. The van der Waals surface area contributed by atoms with Gasteiger partial charge in [0.1, 0.15) is 16.8 Å². The molecule has 1 saturated heterocycles. The molecule has 3 heterocycles. The highest BCUT2D eigenvalue weighted by atomic mass is 32.1. The lowest BCUT2D eigenvalue weighted by Gasteiger charge is -2.31.